The standard InChI is InChI=1S/C18H16N2O2S/c21-18(20-8-10-22-11-9-20)14-5-3-4-13(12-14)17-19-15-6-1-2-7-16(15)23-17/h1-7,12H,8-11H2. The van der Waals surface area contributed by atoms with Crippen molar-refractivity contribution in [3.63, 3.8) is 0 Å². The Bertz CT molecular complexity index is 820. The normalized spacial score (nSPS) is 15.0. The van der Waals surface area contributed by atoms with E-state index in [-0.39, 0.29) is 5.91 Å². The highest BCUT2D eigenvalue weighted by molar-refractivity contribution is 7.21. The Morgan fingerprint density at radius 3 is 2.74 bits per heavy atom. The van der Waals surface area contributed by atoms with Gasteiger partial charge in [0.15, 0.2) is 0 Å². The lowest BCUT2D eigenvalue weighted by Gasteiger charge is -2.26. The summed E-state index contributed by atoms with van der Waals surface area (Å²) < 4.78 is 6.47. The number of hydrogen-bond donors (Lipinski definition) is 0. The smallest absolute Gasteiger partial charge is 0.254 e. The van der Waals surface area contributed by atoms with Crippen LogP contribution in [0.2, 0.25) is 0 Å². The van der Waals surface area contributed by atoms with Gasteiger partial charge < -0.3 is 9.64 Å². The van der Waals surface area contributed by atoms with Crippen molar-refractivity contribution in [1.29, 1.82) is 0 Å². The monoisotopic (exact) mass is 324 g/mol. The Hall–Kier alpha value is -2.24. The van der Waals surface area contributed by atoms with Crippen LogP contribution in [0.15, 0.2) is 48.5 Å². The molecule has 4 rings (SSSR count). The summed E-state index contributed by atoms with van der Waals surface area (Å²) in [6.45, 7) is 2.54. The van der Waals surface area contributed by atoms with Crippen molar-refractivity contribution in [2.75, 3.05) is 26.3 Å². The first kappa shape index (κ1) is 14.4. The van der Waals surface area contributed by atoms with Crippen LogP contribution in [-0.2, 0) is 4.74 Å². The van der Waals surface area contributed by atoms with Gasteiger partial charge in [-0.2, -0.15) is 0 Å². The van der Waals surface area contributed by atoms with Crippen LogP contribution in [0.25, 0.3) is 20.8 Å². The van der Waals surface area contributed by atoms with Gasteiger partial charge in [0, 0.05) is 24.2 Å². The van der Waals surface area contributed by atoms with E-state index < -0.39 is 0 Å². The summed E-state index contributed by atoms with van der Waals surface area (Å²) in [7, 11) is 0. The molecule has 2 heterocycles. The molecule has 0 bridgehead atoms. The number of carbonyl (C=O) groups excluding carboxylic acids is 1. The molecule has 5 heteroatoms. The first-order chi connectivity index (χ1) is 11.3. The number of ether oxygens (including phenoxy) is 1. The molecule has 1 aliphatic rings. The third-order valence-corrected chi connectivity index (χ3v) is 5.03. The molecule has 0 atom stereocenters. The highest BCUT2D eigenvalue weighted by Gasteiger charge is 2.19. The molecule has 1 fully saturated rings. The summed E-state index contributed by atoms with van der Waals surface area (Å²) in [4.78, 5) is 19.1. The van der Waals surface area contributed by atoms with E-state index in [2.05, 4.69) is 11.1 Å². The van der Waals surface area contributed by atoms with E-state index in [0.29, 0.717) is 31.9 Å². The minimum Gasteiger partial charge on any atom is -0.378 e. The van der Waals surface area contributed by atoms with Crippen molar-refractivity contribution in [1.82, 2.24) is 9.88 Å². The van der Waals surface area contributed by atoms with E-state index in [1.807, 2.05) is 47.4 Å². The van der Waals surface area contributed by atoms with Gasteiger partial charge in [0.2, 0.25) is 0 Å². The topological polar surface area (TPSA) is 42.4 Å². The molecule has 4 nitrogen and oxygen atoms in total. The second-order valence-corrected chi connectivity index (χ2v) is 6.50. The molecule has 0 radical (unpaired) electrons. The average molecular weight is 324 g/mol. The zero-order valence-corrected chi connectivity index (χ0v) is 13.4. The SMILES string of the molecule is O=C(c1cccc(-c2nc3ccccc3s2)c1)N1CCOCC1. The fourth-order valence-electron chi connectivity index (χ4n) is 2.73. The second-order valence-electron chi connectivity index (χ2n) is 5.47. The second kappa shape index (κ2) is 6.10. The highest BCUT2D eigenvalue weighted by atomic mass is 32.1. The predicted molar refractivity (Wildman–Crippen MR) is 91.8 cm³/mol. The van der Waals surface area contributed by atoms with E-state index in [0.717, 1.165) is 20.8 Å². The first-order valence-corrected chi connectivity index (χ1v) is 8.46. The van der Waals surface area contributed by atoms with Crippen LogP contribution in [0.4, 0.5) is 0 Å². The molecule has 0 N–H and O–H groups in total. The molecule has 1 aliphatic heterocycles. The molecule has 2 aromatic carbocycles. The molecule has 1 aromatic heterocycles. The highest BCUT2D eigenvalue weighted by Crippen LogP contribution is 2.30. The number of carbonyl (C=O) groups is 1. The minimum atomic E-state index is 0.0660. The maximum atomic E-state index is 12.6. The number of nitrogens with zero attached hydrogens (tertiary/aromatic N) is 2. The Morgan fingerprint density at radius 1 is 1.09 bits per heavy atom. The fraction of sp³-hybridized carbons (Fsp3) is 0.222. The van der Waals surface area contributed by atoms with Crippen molar-refractivity contribution in [3.8, 4) is 10.6 Å². The van der Waals surface area contributed by atoms with Gasteiger partial charge in [-0.25, -0.2) is 4.98 Å². The molecular weight excluding hydrogens is 308 g/mol. The lowest BCUT2D eigenvalue weighted by atomic mass is 10.1. The quantitative estimate of drug-likeness (QED) is 0.725. The maximum absolute atomic E-state index is 12.6. The number of hydrogen-bond acceptors (Lipinski definition) is 4. The van der Waals surface area contributed by atoms with Crippen LogP contribution < -0.4 is 0 Å². The number of benzene rings is 2. The molecular formula is C18H16N2O2S. The molecule has 1 amide bonds. The minimum absolute atomic E-state index is 0.0660. The zero-order valence-electron chi connectivity index (χ0n) is 12.6. The van der Waals surface area contributed by atoms with Gasteiger partial charge in [0.1, 0.15) is 5.01 Å². The van der Waals surface area contributed by atoms with Gasteiger partial charge in [-0.15, -0.1) is 11.3 Å². The summed E-state index contributed by atoms with van der Waals surface area (Å²) >= 11 is 1.65. The third-order valence-electron chi connectivity index (χ3n) is 3.95. The number of fused-ring (bicyclic) bond motifs is 1. The number of morpholine rings is 1. The molecule has 1 saturated heterocycles. The summed E-state index contributed by atoms with van der Waals surface area (Å²) in [6, 6.07) is 15.8. The summed E-state index contributed by atoms with van der Waals surface area (Å²) in [5.74, 6) is 0.0660. The van der Waals surface area contributed by atoms with E-state index in [4.69, 9.17) is 4.74 Å². The Balaban J connectivity index is 1.66. The Kier molecular flexibility index (Phi) is 3.81. The molecule has 0 unspecified atom stereocenters. The van der Waals surface area contributed by atoms with Crippen molar-refractivity contribution >= 4 is 27.5 Å². The first-order valence-electron chi connectivity index (χ1n) is 7.64. The van der Waals surface area contributed by atoms with Crippen molar-refractivity contribution < 1.29 is 9.53 Å². The average Bonchev–Trinajstić information content (AvgIpc) is 3.06. The van der Waals surface area contributed by atoms with Crippen LogP contribution in [0.3, 0.4) is 0 Å². The van der Waals surface area contributed by atoms with Crippen LogP contribution in [0.5, 0.6) is 0 Å². The van der Waals surface area contributed by atoms with Gasteiger partial charge in [-0.05, 0) is 24.3 Å². The summed E-state index contributed by atoms with van der Waals surface area (Å²) in [5, 5.41) is 0.947. The summed E-state index contributed by atoms with van der Waals surface area (Å²) in [6.07, 6.45) is 0. The van der Waals surface area contributed by atoms with Gasteiger partial charge in [-0.1, -0.05) is 24.3 Å². The van der Waals surface area contributed by atoms with E-state index in [9.17, 15) is 4.79 Å². The largest absolute Gasteiger partial charge is 0.378 e. The number of para-hydroxylation sites is 1. The Labute approximate surface area is 138 Å². The van der Waals surface area contributed by atoms with Gasteiger partial charge in [-0.3, -0.25) is 4.79 Å². The summed E-state index contributed by atoms with van der Waals surface area (Å²) in [5.41, 5.74) is 2.70. The number of amides is 1. The molecule has 0 saturated carbocycles. The molecule has 0 spiro atoms. The van der Waals surface area contributed by atoms with Crippen molar-refractivity contribution in [2.24, 2.45) is 0 Å². The van der Waals surface area contributed by atoms with Gasteiger partial charge in [0.05, 0.1) is 23.4 Å². The predicted octanol–water partition coefficient (Wildman–Crippen LogP) is 3.44. The van der Waals surface area contributed by atoms with E-state index in [1.165, 1.54) is 0 Å². The van der Waals surface area contributed by atoms with E-state index >= 15 is 0 Å². The lowest BCUT2D eigenvalue weighted by molar-refractivity contribution is 0.0303. The number of rotatable bonds is 2. The zero-order chi connectivity index (χ0) is 15.6. The van der Waals surface area contributed by atoms with Gasteiger partial charge >= 0.3 is 0 Å². The van der Waals surface area contributed by atoms with Crippen LogP contribution in [0.1, 0.15) is 10.4 Å². The van der Waals surface area contributed by atoms with Crippen molar-refractivity contribution in [3.05, 3.63) is 54.1 Å². The molecule has 116 valence electrons. The van der Waals surface area contributed by atoms with Crippen LogP contribution in [0, 0.1) is 0 Å². The number of aromatic nitrogens is 1. The van der Waals surface area contributed by atoms with Crippen LogP contribution >= 0.6 is 11.3 Å². The maximum Gasteiger partial charge on any atom is 0.254 e. The Morgan fingerprint density at radius 2 is 1.91 bits per heavy atom. The van der Waals surface area contributed by atoms with E-state index in [1.54, 1.807) is 11.3 Å². The lowest BCUT2D eigenvalue weighted by Crippen LogP contribution is -2.40. The molecule has 0 aliphatic carbocycles. The van der Waals surface area contributed by atoms with Gasteiger partial charge in [0.25, 0.3) is 5.91 Å². The number of thiazole rings is 1. The third kappa shape index (κ3) is 2.85. The fourth-order valence-corrected chi connectivity index (χ4v) is 3.69. The van der Waals surface area contributed by atoms with Crippen molar-refractivity contribution in [2.45, 2.75) is 0 Å². The molecule has 23 heavy (non-hydrogen) atoms. The van der Waals surface area contributed by atoms with Crippen LogP contribution in [-0.4, -0.2) is 42.1 Å². The molecule has 3 aromatic rings.